The monoisotopic (exact) mass is 670 g/mol. The number of aliphatic hydroxyl groups is 1. The molecule has 1 aliphatic heterocycles. The third kappa shape index (κ3) is 12.7. The van der Waals surface area contributed by atoms with Crippen molar-refractivity contribution in [2.24, 2.45) is 11.8 Å². The Hall–Kier alpha value is -3.09. The Kier molecular flexibility index (Phi) is 17.5. The fourth-order valence-corrected chi connectivity index (χ4v) is 5.81. The van der Waals surface area contributed by atoms with Gasteiger partial charge in [0.25, 0.3) is 5.91 Å². The van der Waals surface area contributed by atoms with Crippen LogP contribution in [0.25, 0.3) is 0 Å². The summed E-state index contributed by atoms with van der Waals surface area (Å²) in [4.78, 5) is 46.2. The number of hydrogen-bond donors (Lipinski definition) is 4. The first-order valence-corrected chi connectivity index (χ1v) is 17.0. The lowest BCUT2D eigenvalue weighted by Crippen LogP contribution is -2.43. The van der Waals surface area contributed by atoms with Crippen LogP contribution in [0.3, 0.4) is 0 Å². The van der Waals surface area contributed by atoms with Crippen molar-refractivity contribution in [3.63, 3.8) is 0 Å². The number of ketones is 2. The predicted octanol–water partition coefficient (Wildman–Crippen LogP) is 2.91. The molecule has 11 heteroatoms. The number of rotatable bonds is 12. The van der Waals surface area contributed by atoms with Crippen LogP contribution < -0.4 is 16.0 Å². The molecule has 1 amide bonds. The van der Waals surface area contributed by atoms with E-state index in [-0.39, 0.29) is 47.2 Å². The molecular formula is C37H60N5O6. The first-order chi connectivity index (χ1) is 22.7. The predicted molar refractivity (Wildman–Crippen MR) is 191 cm³/mol. The average Bonchev–Trinajstić information content (AvgIpc) is 3.02. The minimum Gasteiger partial charge on any atom is -0.390 e. The van der Waals surface area contributed by atoms with E-state index in [2.05, 4.69) is 20.9 Å². The van der Waals surface area contributed by atoms with E-state index in [1.807, 2.05) is 72.4 Å². The number of allylic oxidation sites excluding steroid dienone is 3. The van der Waals surface area contributed by atoms with E-state index >= 15 is 0 Å². The summed E-state index contributed by atoms with van der Waals surface area (Å²) in [6, 6.07) is 0. The molecule has 2 rings (SSSR count). The first kappa shape index (κ1) is 41.1. The number of amides is 1. The molecule has 5 atom stereocenters. The van der Waals surface area contributed by atoms with E-state index in [1.54, 1.807) is 33.3 Å². The Bertz CT molecular complexity index is 1260. The lowest BCUT2D eigenvalue weighted by molar-refractivity contribution is -0.120. The summed E-state index contributed by atoms with van der Waals surface area (Å²) in [5.41, 5.74) is 1.90. The minimum absolute atomic E-state index is 0.0505. The van der Waals surface area contributed by atoms with Crippen LogP contribution in [0.2, 0.25) is 0 Å². The van der Waals surface area contributed by atoms with Gasteiger partial charge in [0.15, 0.2) is 0 Å². The zero-order valence-electron chi connectivity index (χ0n) is 30.8. The Labute approximate surface area is 288 Å². The maximum Gasteiger partial charge on any atom is 0.251 e. The molecule has 0 aromatic heterocycles. The molecule has 4 N–H and O–H groups in total. The normalized spacial score (nSPS) is 28.3. The second kappa shape index (κ2) is 20.4. The number of methoxy groups -OCH3 is 2. The Morgan fingerprint density at radius 1 is 0.917 bits per heavy atom. The van der Waals surface area contributed by atoms with Crippen LogP contribution in [0.15, 0.2) is 58.1 Å². The fraction of sp³-hybridized carbons (Fsp3) is 0.622. The number of ether oxygens (including phenoxy) is 2. The van der Waals surface area contributed by atoms with Crippen LogP contribution in [-0.4, -0.2) is 119 Å². The van der Waals surface area contributed by atoms with E-state index in [9.17, 15) is 19.5 Å². The van der Waals surface area contributed by atoms with Gasteiger partial charge in [0, 0.05) is 50.8 Å². The highest BCUT2D eigenvalue weighted by Gasteiger charge is 2.37. The standard InChI is InChI=1S/C37H60N5O6/c1-24-20-27(4)34(43)30(48-10)23-25(2)22-29-31(38-16-12-18-41(5)6)36(45)32(39-17-13-19-42(7)8)33(35(29)44)40-37(46)26(3)14-11-15-28(21-24)47-9/h11,14-15,20-21,25,27-28,30,34,38-39,43H,12-13,16-19,22-23H2,1-10H3,(H,40,46)/b15-11+,24-20+,26-14-/t25-,27+,28-,30+,34-/m1/s1. The SMILES string of the molecule is CO[C@H]1C[C@H](C)CC2=C(NCCCN(C)C)C(=O)C(NCCCN(C)C)=C(NC(=O)/C(C)=C\C=C\[C@@H](OC)[CH]/C(C)=C/[C@H](C)[C@H]1O)C2=O. The lowest BCUT2D eigenvalue weighted by Gasteiger charge is -2.30. The molecule has 0 aromatic carbocycles. The van der Waals surface area contributed by atoms with Gasteiger partial charge in [-0.2, -0.15) is 0 Å². The number of carbonyl (C=O) groups is 3. The lowest BCUT2D eigenvalue weighted by atomic mass is 9.84. The van der Waals surface area contributed by atoms with Crippen molar-refractivity contribution in [1.29, 1.82) is 0 Å². The molecule has 2 bridgehead atoms. The maximum atomic E-state index is 14.4. The van der Waals surface area contributed by atoms with Crippen LogP contribution in [-0.2, 0) is 23.9 Å². The van der Waals surface area contributed by atoms with Crippen molar-refractivity contribution in [3.8, 4) is 0 Å². The van der Waals surface area contributed by atoms with Crippen molar-refractivity contribution in [3.05, 3.63) is 64.5 Å². The number of Topliss-reactive ketones (excluding diaryl/α,β-unsaturated/α-hetero) is 2. The van der Waals surface area contributed by atoms with Crippen molar-refractivity contribution in [2.45, 2.75) is 71.7 Å². The van der Waals surface area contributed by atoms with Gasteiger partial charge in [-0.3, -0.25) is 14.4 Å². The van der Waals surface area contributed by atoms with Gasteiger partial charge in [-0.15, -0.1) is 0 Å². The van der Waals surface area contributed by atoms with Crippen molar-refractivity contribution >= 4 is 17.5 Å². The van der Waals surface area contributed by atoms with Gasteiger partial charge in [-0.05, 0) is 86.7 Å². The number of carbonyl (C=O) groups excluding carboxylic acids is 3. The zero-order chi connectivity index (χ0) is 36.0. The number of aliphatic hydroxyl groups excluding tert-OH is 1. The molecule has 0 saturated heterocycles. The van der Waals surface area contributed by atoms with E-state index in [1.165, 1.54) is 0 Å². The third-order valence-corrected chi connectivity index (χ3v) is 8.55. The molecule has 48 heavy (non-hydrogen) atoms. The van der Waals surface area contributed by atoms with Gasteiger partial charge in [0.2, 0.25) is 11.6 Å². The quantitative estimate of drug-likeness (QED) is 0.182. The summed E-state index contributed by atoms with van der Waals surface area (Å²) in [5, 5.41) is 20.6. The molecular weight excluding hydrogens is 610 g/mol. The Balaban J connectivity index is 2.65. The summed E-state index contributed by atoms with van der Waals surface area (Å²) in [6.07, 6.45) is 9.62. The van der Waals surface area contributed by atoms with Crippen molar-refractivity contribution in [2.75, 3.05) is 68.6 Å². The topological polar surface area (TPSA) is 132 Å². The van der Waals surface area contributed by atoms with Crippen LogP contribution in [0.1, 0.15) is 53.4 Å². The van der Waals surface area contributed by atoms with E-state index < -0.39 is 23.9 Å². The molecule has 0 fully saturated rings. The molecule has 1 heterocycles. The largest absolute Gasteiger partial charge is 0.390 e. The van der Waals surface area contributed by atoms with Gasteiger partial charge in [0.1, 0.15) is 11.4 Å². The van der Waals surface area contributed by atoms with Gasteiger partial charge in [-0.25, -0.2) is 0 Å². The molecule has 1 radical (unpaired) electrons. The third-order valence-electron chi connectivity index (χ3n) is 8.55. The van der Waals surface area contributed by atoms with Gasteiger partial charge in [0.05, 0.1) is 24.0 Å². The highest BCUT2D eigenvalue weighted by molar-refractivity contribution is 6.25. The number of nitrogens with zero attached hydrogens (tertiary/aromatic N) is 2. The summed E-state index contributed by atoms with van der Waals surface area (Å²) < 4.78 is 11.4. The second-order valence-corrected chi connectivity index (χ2v) is 13.6. The zero-order valence-corrected chi connectivity index (χ0v) is 30.8. The van der Waals surface area contributed by atoms with Gasteiger partial charge >= 0.3 is 0 Å². The van der Waals surface area contributed by atoms with Crippen LogP contribution in [0.4, 0.5) is 0 Å². The maximum absolute atomic E-state index is 14.4. The number of hydrogen-bond acceptors (Lipinski definition) is 10. The summed E-state index contributed by atoms with van der Waals surface area (Å²) >= 11 is 0. The van der Waals surface area contributed by atoms with E-state index in [0.717, 1.165) is 31.5 Å². The van der Waals surface area contributed by atoms with Crippen LogP contribution in [0, 0.1) is 18.3 Å². The van der Waals surface area contributed by atoms with E-state index in [0.29, 0.717) is 30.7 Å². The van der Waals surface area contributed by atoms with Crippen LogP contribution >= 0.6 is 0 Å². The molecule has 11 nitrogen and oxygen atoms in total. The van der Waals surface area contributed by atoms with E-state index in [4.69, 9.17) is 9.47 Å². The average molecular weight is 671 g/mol. The first-order valence-electron chi connectivity index (χ1n) is 17.0. The number of fused-ring (bicyclic) bond motifs is 2. The summed E-state index contributed by atoms with van der Waals surface area (Å²) in [6.45, 7) is 10.1. The molecule has 1 aliphatic carbocycles. The highest BCUT2D eigenvalue weighted by Crippen LogP contribution is 2.30. The summed E-state index contributed by atoms with van der Waals surface area (Å²) in [7, 11) is 11.1. The molecule has 0 aromatic rings. The molecule has 0 spiro atoms. The Morgan fingerprint density at radius 2 is 1.52 bits per heavy atom. The second-order valence-electron chi connectivity index (χ2n) is 13.6. The number of nitrogens with one attached hydrogen (secondary N) is 3. The smallest absolute Gasteiger partial charge is 0.251 e. The highest BCUT2D eigenvalue weighted by atomic mass is 16.5. The molecule has 269 valence electrons. The van der Waals surface area contributed by atoms with Gasteiger partial charge < -0.3 is 40.3 Å². The Morgan fingerprint density at radius 3 is 2.08 bits per heavy atom. The minimum atomic E-state index is -0.806. The van der Waals surface area contributed by atoms with Crippen molar-refractivity contribution < 1.29 is 29.0 Å². The summed E-state index contributed by atoms with van der Waals surface area (Å²) in [5.74, 6) is -1.62. The molecule has 0 unspecified atom stereocenters. The fourth-order valence-electron chi connectivity index (χ4n) is 5.81. The van der Waals surface area contributed by atoms with Crippen molar-refractivity contribution in [1.82, 2.24) is 25.8 Å². The molecule has 0 saturated carbocycles. The molecule has 2 aliphatic rings. The van der Waals surface area contributed by atoms with Gasteiger partial charge in [-0.1, -0.05) is 43.7 Å². The van der Waals surface area contributed by atoms with Crippen LogP contribution in [0.5, 0.6) is 0 Å².